The molecule has 1 atom stereocenters. The molecular weight excluding hydrogens is 290 g/mol. The number of likely N-dealkylation sites (tertiary alicyclic amines) is 1. The number of hydrogen-bond donors (Lipinski definition) is 2. The Kier molecular flexibility index (Phi) is 4.97. The summed E-state index contributed by atoms with van der Waals surface area (Å²) in [5.74, 6) is -0.136. The molecule has 2 rings (SSSR count). The molecule has 0 saturated carbocycles. The van der Waals surface area contributed by atoms with Crippen molar-refractivity contribution >= 4 is 21.6 Å². The van der Waals surface area contributed by atoms with Gasteiger partial charge in [0.25, 0.3) is 0 Å². The van der Waals surface area contributed by atoms with E-state index in [1.807, 2.05) is 6.92 Å². The maximum absolute atomic E-state index is 12.2. The molecule has 1 fully saturated rings. The van der Waals surface area contributed by atoms with E-state index in [1.54, 1.807) is 12.1 Å². The van der Waals surface area contributed by atoms with Crippen molar-refractivity contribution in [2.24, 2.45) is 5.14 Å². The quantitative estimate of drug-likeness (QED) is 0.872. The molecule has 7 heteroatoms. The SMILES string of the molecule is C[C@@H](C(=O)Nc1cccc(S(N)(=O)=O)c1)N1CCCCC1. The maximum Gasteiger partial charge on any atom is 0.241 e. The molecule has 1 aliphatic rings. The number of amides is 1. The molecule has 3 N–H and O–H groups in total. The lowest BCUT2D eigenvalue weighted by atomic mass is 10.1. The van der Waals surface area contributed by atoms with E-state index in [2.05, 4.69) is 10.2 Å². The van der Waals surface area contributed by atoms with Gasteiger partial charge in [-0.2, -0.15) is 0 Å². The van der Waals surface area contributed by atoms with Crippen LogP contribution in [-0.2, 0) is 14.8 Å². The molecule has 1 heterocycles. The number of nitrogens with two attached hydrogens (primary N) is 1. The number of carbonyl (C=O) groups excluding carboxylic acids is 1. The van der Waals surface area contributed by atoms with Gasteiger partial charge < -0.3 is 5.32 Å². The van der Waals surface area contributed by atoms with Crippen molar-refractivity contribution < 1.29 is 13.2 Å². The Balaban J connectivity index is 2.05. The van der Waals surface area contributed by atoms with Crippen molar-refractivity contribution in [3.05, 3.63) is 24.3 Å². The smallest absolute Gasteiger partial charge is 0.241 e. The summed E-state index contributed by atoms with van der Waals surface area (Å²) >= 11 is 0. The Morgan fingerprint density at radius 1 is 1.29 bits per heavy atom. The van der Waals surface area contributed by atoms with Crippen LogP contribution in [0.15, 0.2) is 29.2 Å². The second-order valence-electron chi connectivity index (χ2n) is 5.33. The summed E-state index contributed by atoms with van der Waals surface area (Å²) in [6, 6.07) is 5.74. The van der Waals surface area contributed by atoms with Crippen LogP contribution in [-0.4, -0.2) is 38.4 Å². The standard InChI is InChI=1S/C14H21N3O3S/c1-11(17-8-3-2-4-9-17)14(18)16-12-6-5-7-13(10-12)21(15,19)20/h5-7,10-11H,2-4,8-9H2,1H3,(H,16,18)(H2,15,19,20)/t11-/m0/s1. The van der Waals surface area contributed by atoms with Crippen LogP contribution in [0.3, 0.4) is 0 Å². The maximum atomic E-state index is 12.2. The summed E-state index contributed by atoms with van der Waals surface area (Å²) in [5, 5.41) is 7.84. The fourth-order valence-corrected chi connectivity index (χ4v) is 3.03. The van der Waals surface area contributed by atoms with Gasteiger partial charge in [-0.05, 0) is 51.1 Å². The van der Waals surface area contributed by atoms with Gasteiger partial charge in [-0.25, -0.2) is 13.6 Å². The highest BCUT2D eigenvalue weighted by Crippen LogP contribution is 2.16. The van der Waals surface area contributed by atoms with Gasteiger partial charge in [0.15, 0.2) is 0 Å². The summed E-state index contributed by atoms with van der Waals surface area (Å²) < 4.78 is 22.6. The zero-order valence-corrected chi connectivity index (χ0v) is 12.9. The van der Waals surface area contributed by atoms with Crippen LogP contribution < -0.4 is 10.5 Å². The van der Waals surface area contributed by atoms with Gasteiger partial charge in [0.2, 0.25) is 15.9 Å². The van der Waals surface area contributed by atoms with E-state index in [9.17, 15) is 13.2 Å². The number of rotatable bonds is 4. The van der Waals surface area contributed by atoms with Gasteiger partial charge in [-0.1, -0.05) is 12.5 Å². The Labute approximate surface area is 125 Å². The largest absolute Gasteiger partial charge is 0.325 e. The summed E-state index contributed by atoms with van der Waals surface area (Å²) in [6.07, 6.45) is 3.43. The van der Waals surface area contributed by atoms with Crippen molar-refractivity contribution in [3.8, 4) is 0 Å². The number of hydrogen-bond acceptors (Lipinski definition) is 4. The van der Waals surface area contributed by atoms with Crippen molar-refractivity contribution in [1.29, 1.82) is 0 Å². The van der Waals surface area contributed by atoms with E-state index >= 15 is 0 Å². The molecule has 6 nitrogen and oxygen atoms in total. The van der Waals surface area contributed by atoms with E-state index in [4.69, 9.17) is 5.14 Å². The van der Waals surface area contributed by atoms with Gasteiger partial charge in [0, 0.05) is 5.69 Å². The Morgan fingerprint density at radius 3 is 2.57 bits per heavy atom. The normalized spacial score (nSPS) is 18.2. The molecule has 1 amide bonds. The average molecular weight is 311 g/mol. The van der Waals surface area contributed by atoms with Crippen LogP contribution in [0.2, 0.25) is 0 Å². The summed E-state index contributed by atoms with van der Waals surface area (Å²) in [5.41, 5.74) is 0.440. The first-order valence-corrected chi connectivity index (χ1v) is 8.60. The third kappa shape index (κ3) is 4.26. The van der Waals surface area contributed by atoms with Gasteiger partial charge in [-0.3, -0.25) is 9.69 Å². The summed E-state index contributed by atoms with van der Waals surface area (Å²) in [7, 11) is -3.76. The van der Waals surface area contributed by atoms with Crippen molar-refractivity contribution in [2.45, 2.75) is 37.1 Å². The monoisotopic (exact) mass is 311 g/mol. The number of primary sulfonamides is 1. The highest BCUT2D eigenvalue weighted by molar-refractivity contribution is 7.89. The fraction of sp³-hybridized carbons (Fsp3) is 0.500. The molecule has 1 aliphatic heterocycles. The highest BCUT2D eigenvalue weighted by atomic mass is 32.2. The molecule has 0 radical (unpaired) electrons. The minimum atomic E-state index is -3.76. The number of benzene rings is 1. The molecule has 0 bridgehead atoms. The zero-order valence-electron chi connectivity index (χ0n) is 12.1. The summed E-state index contributed by atoms with van der Waals surface area (Å²) in [4.78, 5) is 14.4. The van der Waals surface area contributed by atoms with Crippen LogP contribution in [0.4, 0.5) is 5.69 Å². The number of piperidine rings is 1. The minimum Gasteiger partial charge on any atom is -0.325 e. The first-order chi connectivity index (χ1) is 9.88. The van der Waals surface area contributed by atoms with Gasteiger partial charge in [-0.15, -0.1) is 0 Å². The number of anilines is 1. The minimum absolute atomic E-state index is 0.00840. The topological polar surface area (TPSA) is 92.5 Å². The Hall–Kier alpha value is -1.44. The second kappa shape index (κ2) is 6.55. The van der Waals surface area contributed by atoms with Crippen molar-refractivity contribution in [2.75, 3.05) is 18.4 Å². The van der Waals surface area contributed by atoms with E-state index in [1.165, 1.54) is 18.6 Å². The summed E-state index contributed by atoms with van der Waals surface area (Å²) in [6.45, 7) is 3.71. The van der Waals surface area contributed by atoms with E-state index in [0.717, 1.165) is 25.9 Å². The lowest BCUT2D eigenvalue weighted by Gasteiger charge is -2.31. The molecule has 21 heavy (non-hydrogen) atoms. The first kappa shape index (κ1) is 15.9. The first-order valence-electron chi connectivity index (χ1n) is 7.06. The van der Waals surface area contributed by atoms with E-state index in [-0.39, 0.29) is 16.8 Å². The molecule has 0 aromatic heterocycles. The van der Waals surface area contributed by atoms with Crippen molar-refractivity contribution in [1.82, 2.24) is 4.90 Å². The Bertz CT molecular complexity index is 610. The van der Waals surface area contributed by atoms with Gasteiger partial charge in [0.1, 0.15) is 0 Å². The fourth-order valence-electron chi connectivity index (χ4n) is 2.47. The number of sulfonamides is 1. The molecule has 1 aromatic rings. The van der Waals surface area contributed by atoms with E-state index < -0.39 is 10.0 Å². The van der Waals surface area contributed by atoms with Crippen LogP contribution in [0.1, 0.15) is 26.2 Å². The molecular formula is C14H21N3O3S. The lowest BCUT2D eigenvalue weighted by Crippen LogP contribution is -2.44. The van der Waals surface area contributed by atoms with Crippen LogP contribution in [0, 0.1) is 0 Å². The van der Waals surface area contributed by atoms with Gasteiger partial charge in [0.05, 0.1) is 10.9 Å². The molecule has 1 aromatic carbocycles. The number of carbonyl (C=O) groups is 1. The number of nitrogens with one attached hydrogen (secondary N) is 1. The van der Waals surface area contributed by atoms with E-state index in [0.29, 0.717) is 5.69 Å². The second-order valence-corrected chi connectivity index (χ2v) is 6.90. The molecule has 0 aliphatic carbocycles. The lowest BCUT2D eigenvalue weighted by molar-refractivity contribution is -0.121. The predicted octanol–water partition coefficient (Wildman–Crippen LogP) is 1.15. The average Bonchev–Trinajstić information content (AvgIpc) is 2.47. The van der Waals surface area contributed by atoms with Gasteiger partial charge >= 0.3 is 0 Å². The molecule has 0 unspecified atom stereocenters. The highest BCUT2D eigenvalue weighted by Gasteiger charge is 2.23. The predicted molar refractivity (Wildman–Crippen MR) is 81.3 cm³/mol. The Morgan fingerprint density at radius 2 is 1.95 bits per heavy atom. The van der Waals surface area contributed by atoms with Crippen LogP contribution >= 0.6 is 0 Å². The van der Waals surface area contributed by atoms with Crippen LogP contribution in [0.5, 0.6) is 0 Å². The molecule has 116 valence electrons. The number of nitrogens with zero attached hydrogens (tertiary/aromatic N) is 1. The third-order valence-electron chi connectivity index (χ3n) is 3.75. The van der Waals surface area contributed by atoms with Crippen molar-refractivity contribution in [3.63, 3.8) is 0 Å². The molecule has 1 saturated heterocycles. The molecule has 0 spiro atoms. The zero-order chi connectivity index (χ0) is 15.5. The third-order valence-corrected chi connectivity index (χ3v) is 4.66. The van der Waals surface area contributed by atoms with Crippen LogP contribution in [0.25, 0.3) is 0 Å².